The third kappa shape index (κ3) is 5.01. The average molecular weight is 359 g/mol. The lowest BCUT2D eigenvalue weighted by Crippen LogP contribution is -2.23. The Morgan fingerprint density at radius 1 is 0.852 bits per heavy atom. The Morgan fingerprint density at radius 3 is 2.11 bits per heavy atom. The molecule has 3 aromatic rings. The maximum Gasteiger partial charge on any atom is 0.255 e. The zero-order valence-corrected chi connectivity index (χ0v) is 15.1. The van der Waals surface area contributed by atoms with Crippen molar-refractivity contribution in [1.82, 2.24) is 10.3 Å². The standard InChI is InChI=1S/C22H21N3O2/c1-2-16-5-11-20(12-6-16)25-22(27)19-9-7-18(8-10-19)21(26)24-15-17-4-3-13-23-14-17/h3-14H,2,15H2,1H3,(H,24,26)(H,25,27). The number of pyridine rings is 1. The van der Waals surface area contributed by atoms with Crippen molar-refractivity contribution in [3.8, 4) is 0 Å². The largest absolute Gasteiger partial charge is 0.348 e. The number of anilines is 1. The third-order valence-electron chi connectivity index (χ3n) is 4.21. The lowest BCUT2D eigenvalue weighted by Gasteiger charge is -2.08. The van der Waals surface area contributed by atoms with E-state index < -0.39 is 0 Å². The molecule has 0 bridgehead atoms. The maximum atomic E-state index is 12.3. The molecule has 0 aliphatic carbocycles. The molecule has 2 N–H and O–H groups in total. The molecule has 3 rings (SSSR count). The van der Waals surface area contributed by atoms with Gasteiger partial charge in [0.05, 0.1) is 0 Å². The van der Waals surface area contributed by atoms with Crippen molar-refractivity contribution in [1.29, 1.82) is 0 Å². The fraction of sp³-hybridized carbons (Fsp3) is 0.136. The Labute approximate surface area is 158 Å². The summed E-state index contributed by atoms with van der Waals surface area (Å²) in [6.45, 7) is 2.49. The SMILES string of the molecule is CCc1ccc(NC(=O)c2ccc(C(=O)NCc3cccnc3)cc2)cc1. The zero-order valence-electron chi connectivity index (χ0n) is 15.1. The molecule has 2 aromatic carbocycles. The maximum absolute atomic E-state index is 12.3. The number of benzene rings is 2. The van der Waals surface area contributed by atoms with E-state index in [-0.39, 0.29) is 11.8 Å². The molecule has 1 aromatic heterocycles. The van der Waals surface area contributed by atoms with Crippen molar-refractivity contribution >= 4 is 17.5 Å². The number of hydrogen-bond donors (Lipinski definition) is 2. The molecule has 0 spiro atoms. The van der Waals surface area contributed by atoms with Crippen LogP contribution in [0.4, 0.5) is 5.69 Å². The minimum Gasteiger partial charge on any atom is -0.348 e. The molecular weight excluding hydrogens is 338 g/mol. The molecule has 0 saturated heterocycles. The van der Waals surface area contributed by atoms with Gasteiger partial charge in [0.2, 0.25) is 0 Å². The normalized spacial score (nSPS) is 10.3. The number of nitrogens with one attached hydrogen (secondary N) is 2. The predicted molar refractivity (Wildman–Crippen MR) is 106 cm³/mol. The predicted octanol–water partition coefficient (Wildman–Crippen LogP) is 3.83. The summed E-state index contributed by atoms with van der Waals surface area (Å²) < 4.78 is 0. The Kier molecular flexibility index (Phi) is 5.94. The van der Waals surface area contributed by atoms with Crippen LogP contribution in [-0.2, 0) is 13.0 Å². The van der Waals surface area contributed by atoms with Crippen LogP contribution in [0.3, 0.4) is 0 Å². The van der Waals surface area contributed by atoms with Gasteiger partial charge in [-0.1, -0.05) is 25.1 Å². The quantitative estimate of drug-likeness (QED) is 0.703. The fourth-order valence-corrected chi connectivity index (χ4v) is 2.59. The van der Waals surface area contributed by atoms with Gasteiger partial charge in [0, 0.05) is 35.8 Å². The van der Waals surface area contributed by atoms with Gasteiger partial charge in [-0.25, -0.2) is 0 Å². The average Bonchev–Trinajstić information content (AvgIpc) is 2.73. The van der Waals surface area contributed by atoms with Crippen molar-refractivity contribution in [3.63, 3.8) is 0 Å². The summed E-state index contributed by atoms with van der Waals surface area (Å²) in [5.74, 6) is -0.400. The molecule has 1 heterocycles. The van der Waals surface area contributed by atoms with Crippen molar-refractivity contribution in [2.75, 3.05) is 5.32 Å². The highest BCUT2D eigenvalue weighted by Crippen LogP contribution is 2.12. The first-order valence-corrected chi connectivity index (χ1v) is 8.83. The number of rotatable bonds is 6. The highest BCUT2D eigenvalue weighted by molar-refractivity contribution is 6.05. The molecule has 2 amide bonds. The van der Waals surface area contributed by atoms with Crippen LogP contribution in [0.25, 0.3) is 0 Å². The van der Waals surface area contributed by atoms with Crippen LogP contribution < -0.4 is 10.6 Å². The van der Waals surface area contributed by atoms with E-state index in [0.717, 1.165) is 17.7 Å². The molecule has 5 nitrogen and oxygen atoms in total. The molecule has 0 fully saturated rings. The van der Waals surface area contributed by atoms with Gasteiger partial charge in [-0.3, -0.25) is 14.6 Å². The van der Waals surface area contributed by atoms with E-state index in [2.05, 4.69) is 22.5 Å². The van der Waals surface area contributed by atoms with Gasteiger partial charge in [0.25, 0.3) is 11.8 Å². The van der Waals surface area contributed by atoms with Gasteiger partial charge in [0.1, 0.15) is 0 Å². The van der Waals surface area contributed by atoms with E-state index in [1.807, 2.05) is 36.4 Å². The summed E-state index contributed by atoms with van der Waals surface area (Å²) in [5.41, 5.74) is 3.89. The van der Waals surface area contributed by atoms with Gasteiger partial charge in [-0.2, -0.15) is 0 Å². The summed E-state index contributed by atoms with van der Waals surface area (Å²) in [6, 6.07) is 18.1. The zero-order chi connectivity index (χ0) is 19.1. The molecule has 0 unspecified atom stereocenters. The highest BCUT2D eigenvalue weighted by atomic mass is 16.2. The fourth-order valence-electron chi connectivity index (χ4n) is 2.59. The second-order valence-electron chi connectivity index (χ2n) is 6.13. The van der Waals surface area contributed by atoms with Gasteiger partial charge >= 0.3 is 0 Å². The van der Waals surface area contributed by atoms with Crippen LogP contribution in [-0.4, -0.2) is 16.8 Å². The van der Waals surface area contributed by atoms with Crippen LogP contribution in [0.15, 0.2) is 73.1 Å². The minimum absolute atomic E-state index is 0.194. The summed E-state index contributed by atoms with van der Waals surface area (Å²) in [7, 11) is 0. The monoisotopic (exact) mass is 359 g/mol. The molecule has 0 atom stereocenters. The molecule has 27 heavy (non-hydrogen) atoms. The lowest BCUT2D eigenvalue weighted by atomic mass is 10.1. The number of nitrogens with zero attached hydrogens (tertiary/aromatic N) is 1. The minimum atomic E-state index is -0.207. The van der Waals surface area contributed by atoms with E-state index >= 15 is 0 Å². The summed E-state index contributed by atoms with van der Waals surface area (Å²) in [6.07, 6.45) is 4.35. The van der Waals surface area contributed by atoms with Crippen LogP contribution in [0.2, 0.25) is 0 Å². The van der Waals surface area contributed by atoms with E-state index in [1.165, 1.54) is 5.56 Å². The number of amides is 2. The lowest BCUT2D eigenvalue weighted by molar-refractivity contribution is 0.0949. The molecule has 136 valence electrons. The second kappa shape index (κ2) is 8.76. The van der Waals surface area contributed by atoms with Crippen LogP contribution >= 0.6 is 0 Å². The van der Waals surface area contributed by atoms with Gasteiger partial charge in [0.15, 0.2) is 0 Å². The molecule has 0 aliphatic rings. The van der Waals surface area contributed by atoms with E-state index in [1.54, 1.807) is 36.7 Å². The summed E-state index contributed by atoms with van der Waals surface area (Å²) >= 11 is 0. The molecular formula is C22H21N3O2. The third-order valence-corrected chi connectivity index (χ3v) is 4.21. The van der Waals surface area contributed by atoms with Gasteiger partial charge < -0.3 is 10.6 Å². The van der Waals surface area contributed by atoms with Crippen molar-refractivity contribution < 1.29 is 9.59 Å². The van der Waals surface area contributed by atoms with E-state index in [0.29, 0.717) is 17.7 Å². The molecule has 0 saturated carbocycles. The first-order valence-electron chi connectivity index (χ1n) is 8.83. The molecule has 0 aliphatic heterocycles. The summed E-state index contributed by atoms with van der Waals surface area (Å²) in [4.78, 5) is 28.6. The number of aryl methyl sites for hydroxylation is 1. The van der Waals surface area contributed by atoms with Crippen molar-refractivity contribution in [2.45, 2.75) is 19.9 Å². The smallest absolute Gasteiger partial charge is 0.255 e. The highest BCUT2D eigenvalue weighted by Gasteiger charge is 2.09. The number of aromatic nitrogens is 1. The van der Waals surface area contributed by atoms with E-state index in [9.17, 15) is 9.59 Å². The van der Waals surface area contributed by atoms with Crippen LogP contribution in [0, 0.1) is 0 Å². The Hall–Kier alpha value is -3.47. The van der Waals surface area contributed by atoms with Gasteiger partial charge in [-0.05, 0) is 60.0 Å². The van der Waals surface area contributed by atoms with Crippen molar-refractivity contribution in [3.05, 3.63) is 95.3 Å². The van der Waals surface area contributed by atoms with E-state index in [4.69, 9.17) is 0 Å². The second-order valence-corrected chi connectivity index (χ2v) is 6.13. The van der Waals surface area contributed by atoms with Crippen LogP contribution in [0.5, 0.6) is 0 Å². The number of carbonyl (C=O) groups excluding carboxylic acids is 2. The van der Waals surface area contributed by atoms with Crippen LogP contribution in [0.1, 0.15) is 38.8 Å². The van der Waals surface area contributed by atoms with Crippen molar-refractivity contribution in [2.24, 2.45) is 0 Å². The van der Waals surface area contributed by atoms with Gasteiger partial charge in [-0.15, -0.1) is 0 Å². The molecule has 5 heteroatoms. The Balaban J connectivity index is 1.58. The Morgan fingerprint density at radius 2 is 1.52 bits per heavy atom. The first-order chi connectivity index (χ1) is 13.2. The number of carbonyl (C=O) groups is 2. The Bertz CT molecular complexity index is 905. The number of hydrogen-bond acceptors (Lipinski definition) is 3. The summed E-state index contributed by atoms with van der Waals surface area (Å²) in [5, 5.41) is 5.69. The first kappa shape index (κ1) is 18.3. The molecule has 0 radical (unpaired) electrons. The topological polar surface area (TPSA) is 71.1 Å².